The molecule has 202 valence electrons. The van der Waals surface area contributed by atoms with Crippen LogP contribution in [0.5, 0.6) is 11.5 Å². The van der Waals surface area contributed by atoms with Gasteiger partial charge >= 0.3 is 0 Å². The van der Waals surface area contributed by atoms with Gasteiger partial charge in [-0.3, -0.25) is 9.59 Å². The largest absolute Gasteiger partial charge is 0.497 e. The normalized spacial score (nSPS) is 13.2. The number of nitrogens with zero attached hydrogens (tertiary/aromatic N) is 2. The third-order valence-electron chi connectivity index (χ3n) is 5.86. The van der Waals surface area contributed by atoms with Gasteiger partial charge in [0.15, 0.2) is 0 Å². The van der Waals surface area contributed by atoms with Crippen LogP contribution in [0, 0.1) is 0 Å². The fraction of sp³-hybridized carbons (Fsp3) is 0.214. The van der Waals surface area contributed by atoms with E-state index in [9.17, 15) is 9.59 Å². The Labute approximate surface area is 225 Å². The summed E-state index contributed by atoms with van der Waals surface area (Å²) in [5, 5.41) is 11.9. The lowest BCUT2D eigenvalue weighted by atomic mass is 10.1. The second kappa shape index (κ2) is 13.0. The Morgan fingerprint density at radius 2 is 1.85 bits per heavy atom. The number of hydrogen-bond donors (Lipinski definition) is 4. The lowest BCUT2D eigenvalue weighted by Crippen LogP contribution is -2.26. The number of benzene rings is 2. The van der Waals surface area contributed by atoms with Gasteiger partial charge in [0, 0.05) is 10.9 Å². The average Bonchev–Trinajstić information content (AvgIpc) is 3.39. The van der Waals surface area contributed by atoms with Crippen LogP contribution >= 0.6 is 0 Å². The molecule has 0 fully saturated rings. The number of nitrogens with one attached hydrogen (secondary N) is 4. The lowest BCUT2D eigenvalue weighted by Gasteiger charge is -2.10. The summed E-state index contributed by atoms with van der Waals surface area (Å²) in [4.78, 5) is 28.0. The monoisotopic (exact) mass is 530 g/mol. The number of anilines is 1. The first kappa shape index (κ1) is 27.0. The maximum Gasteiger partial charge on any atom is 0.287 e. The molecule has 0 bridgehead atoms. The Hall–Kier alpha value is -5.06. The summed E-state index contributed by atoms with van der Waals surface area (Å²) in [6.07, 6.45) is 8.71. The van der Waals surface area contributed by atoms with Gasteiger partial charge in [-0.05, 0) is 66.5 Å². The minimum Gasteiger partial charge on any atom is -0.497 e. The van der Waals surface area contributed by atoms with Gasteiger partial charge in [-0.1, -0.05) is 12.1 Å². The van der Waals surface area contributed by atoms with Gasteiger partial charge in [0.25, 0.3) is 11.8 Å². The van der Waals surface area contributed by atoms with Crippen molar-refractivity contribution in [3.05, 3.63) is 77.2 Å². The Morgan fingerprint density at radius 3 is 2.64 bits per heavy atom. The molecule has 1 heterocycles. The zero-order chi connectivity index (χ0) is 27.6. The summed E-state index contributed by atoms with van der Waals surface area (Å²) in [6, 6.07) is 12.6. The predicted molar refractivity (Wildman–Crippen MR) is 150 cm³/mol. The minimum absolute atomic E-state index is 0.0457. The van der Waals surface area contributed by atoms with Crippen molar-refractivity contribution >= 4 is 40.8 Å². The Kier molecular flexibility index (Phi) is 8.96. The molecule has 4 rings (SSSR count). The fourth-order valence-electron chi connectivity index (χ4n) is 3.88. The Bertz CT molecular complexity index is 1470. The first-order chi connectivity index (χ1) is 19.0. The van der Waals surface area contributed by atoms with E-state index in [4.69, 9.17) is 14.2 Å². The van der Waals surface area contributed by atoms with Crippen LogP contribution in [0.3, 0.4) is 0 Å². The second-order valence-corrected chi connectivity index (χ2v) is 8.51. The maximum absolute atomic E-state index is 12.6. The van der Waals surface area contributed by atoms with E-state index in [0.717, 1.165) is 35.1 Å². The second-order valence-electron chi connectivity index (χ2n) is 8.51. The van der Waals surface area contributed by atoms with Gasteiger partial charge < -0.3 is 24.5 Å². The van der Waals surface area contributed by atoms with Crippen molar-refractivity contribution in [2.45, 2.75) is 12.8 Å². The van der Waals surface area contributed by atoms with Crippen LogP contribution in [0.25, 0.3) is 10.9 Å². The highest BCUT2D eigenvalue weighted by Gasteiger charge is 2.13. The van der Waals surface area contributed by atoms with Crippen molar-refractivity contribution in [2.24, 2.45) is 10.2 Å². The van der Waals surface area contributed by atoms with Gasteiger partial charge in [0.05, 0.1) is 46.0 Å². The van der Waals surface area contributed by atoms with E-state index >= 15 is 0 Å². The first-order valence-corrected chi connectivity index (χ1v) is 12.2. The molecule has 0 radical (unpaired) electrons. The predicted octanol–water partition coefficient (Wildman–Crippen LogP) is 3.71. The number of ether oxygens (including phenoxy) is 3. The number of carbonyl (C=O) groups excluding carboxylic acids is 2. The molecule has 1 aromatic heterocycles. The highest BCUT2D eigenvalue weighted by Crippen LogP contribution is 2.30. The third kappa shape index (κ3) is 7.25. The van der Waals surface area contributed by atoms with Gasteiger partial charge in [-0.25, -0.2) is 10.9 Å². The molecule has 0 saturated carbocycles. The van der Waals surface area contributed by atoms with Crippen molar-refractivity contribution < 1.29 is 23.8 Å². The van der Waals surface area contributed by atoms with Crippen LogP contribution in [-0.4, -0.2) is 57.1 Å². The number of H-pyrrole nitrogens is 1. The summed E-state index contributed by atoms with van der Waals surface area (Å²) >= 11 is 0. The molecular formula is C28H30N6O5. The summed E-state index contributed by atoms with van der Waals surface area (Å²) in [5.74, 6) is 1.26. The summed E-state index contributed by atoms with van der Waals surface area (Å²) in [5.41, 5.74) is 8.37. The SMILES string of the molecule is COC1=CCCC(/C=N/NC(=O)c2cc3cc(OC)c(NCC(=O)N/N=C/c4cccc(OC)c4)cc3[nH]2)=C1. The minimum atomic E-state index is -0.386. The molecule has 0 saturated heterocycles. The number of hydrazone groups is 2. The number of aromatic amines is 1. The van der Waals surface area contributed by atoms with Crippen LogP contribution in [0.4, 0.5) is 5.69 Å². The number of fused-ring (bicyclic) bond motifs is 1. The van der Waals surface area contributed by atoms with E-state index in [1.807, 2.05) is 30.4 Å². The van der Waals surface area contributed by atoms with E-state index in [0.29, 0.717) is 28.4 Å². The number of allylic oxidation sites excluding steroid dienone is 3. The number of aromatic nitrogens is 1. The van der Waals surface area contributed by atoms with Crippen LogP contribution < -0.4 is 25.6 Å². The molecule has 0 atom stereocenters. The van der Waals surface area contributed by atoms with Gasteiger partial charge in [0.2, 0.25) is 0 Å². The van der Waals surface area contributed by atoms with Crippen LogP contribution in [-0.2, 0) is 9.53 Å². The number of amides is 2. The molecule has 0 unspecified atom stereocenters. The van der Waals surface area contributed by atoms with Crippen molar-refractivity contribution in [2.75, 3.05) is 33.2 Å². The number of rotatable bonds is 11. The molecule has 0 aliphatic heterocycles. The molecule has 39 heavy (non-hydrogen) atoms. The quantitative estimate of drug-likeness (QED) is 0.220. The Morgan fingerprint density at radius 1 is 1.00 bits per heavy atom. The molecule has 11 nitrogen and oxygen atoms in total. The van der Waals surface area contributed by atoms with Gasteiger partial charge in [-0.2, -0.15) is 10.2 Å². The maximum atomic E-state index is 12.6. The molecule has 3 aromatic rings. The number of methoxy groups -OCH3 is 3. The topological polar surface area (TPSA) is 138 Å². The summed E-state index contributed by atoms with van der Waals surface area (Å²) in [6.45, 7) is -0.0457. The van der Waals surface area contributed by atoms with Crippen molar-refractivity contribution in [3.8, 4) is 11.5 Å². The van der Waals surface area contributed by atoms with Crippen molar-refractivity contribution in [3.63, 3.8) is 0 Å². The molecule has 4 N–H and O–H groups in total. The van der Waals surface area contributed by atoms with Crippen LogP contribution in [0.15, 0.2) is 76.2 Å². The standard InChI is InChI=1S/C28H30N6O5/c1-37-21-8-4-6-18(10-21)15-30-33-27(35)17-29-24-14-23-20(13-26(24)39-3)12-25(32-23)28(36)34-31-16-19-7-5-9-22(11-19)38-2/h4,6,8-16,29,32H,5,7,17H2,1-3H3,(H,33,35)(H,34,36)/b30-15+,31-16+. The highest BCUT2D eigenvalue weighted by molar-refractivity contribution is 5.99. The molecule has 0 spiro atoms. The van der Waals surface area contributed by atoms with E-state index in [2.05, 4.69) is 31.4 Å². The van der Waals surface area contributed by atoms with E-state index in [-0.39, 0.29) is 18.4 Å². The smallest absolute Gasteiger partial charge is 0.287 e. The average molecular weight is 531 g/mol. The molecular weight excluding hydrogens is 500 g/mol. The zero-order valence-electron chi connectivity index (χ0n) is 21.9. The third-order valence-corrected chi connectivity index (χ3v) is 5.86. The summed E-state index contributed by atoms with van der Waals surface area (Å²) < 4.78 is 15.9. The van der Waals surface area contributed by atoms with Gasteiger partial charge in [-0.15, -0.1) is 0 Å². The Balaban J connectivity index is 1.36. The fourth-order valence-corrected chi connectivity index (χ4v) is 3.88. The molecule has 11 heteroatoms. The van der Waals surface area contributed by atoms with Crippen LogP contribution in [0.2, 0.25) is 0 Å². The number of hydrogen-bond acceptors (Lipinski definition) is 8. The number of carbonyl (C=O) groups is 2. The molecule has 2 aromatic carbocycles. The van der Waals surface area contributed by atoms with E-state index in [1.165, 1.54) is 13.3 Å². The van der Waals surface area contributed by atoms with Crippen molar-refractivity contribution in [1.29, 1.82) is 0 Å². The highest BCUT2D eigenvalue weighted by atomic mass is 16.5. The van der Waals surface area contributed by atoms with E-state index < -0.39 is 0 Å². The molecule has 1 aliphatic carbocycles. The van der Waals surface area contributed by atoms with Gasteiger partial charge in [0.1, 0.15) is 23.0 Å². The lowest BCUT2D eigenvalue weighted by molar-refractivity contribution is -0.119. The van der Waals surface area contributed by atoms with Crippen LogP contribution in [0.1, 0.15) is 28.9 Å². The van der Waals surface area contributed by atoms with E-state index in [1.54, 1.807) is 44.7 Å². The zero-order valence-corrected chi connectivity index (χ0v) is 21.9. The summed E-state index contributed by atoms with van der Waals surface area (Å²) in [7, 11) is 4.73. The first-order valence-electron chi connectivity index (χ1n) is 12.2. The molecule has 1 aliphatic rings. The molecule has 2 amide bonds. The van der Waals surface area contributed by atoms with Crippen molar-refractivity contribution in [1.82, 2.24) is 15.8 Å².